The zero-order valence-electron chi connectivity index (χ0n) is 11.2. The highest BCUT2D eigenvalue weighted by atomic mass is 32.2. The van der Waals surface area contributed by atoms with Gasteiger partial charge < -0.3 is 4.74 Å². The highest BCUT2D eigenvalue weighted by Gasteiger charge is 2.44. The predicted molar refractivity (Wildman–Crippen MR) is 71.7 cm³/mol. The number of hydrogen-bond donors (Lipinski definition) is 2. The number of esters is 1. The van der Waals surface area contributed by atoms with Gasteiger partial charge in [-0.15, -0.1) is 0 Å². The molecule has 0 atom stereocenters. The van der Waals surface area contributed by atoms with Crippen molar-refractivity contribution in [3.63, 3.8) is 0 Å². The molecule has 0 aromatic carbocycles. The minimum atomic E-state index is -0.485. The van der Waals surface area contributed by atoms with Crippen molar-refractivity contribution < 1.29 is 14.3 Å². The van der Waals surface area contributed by atoms with E-state index in [4.69, 9.17) is 10.6 Å². The fraction of sp³-hybridized carbons (Fsp3) is 0.833. The molecule has 6 heteroatoms. The molecule has 0 spiro atoms. The zero-order chi connectivity index (χ0) is 13.8. The molecule has 1 saturated carbocycles. The summed E-state index contributed by atoms with van der Waals surface area (Å²) < 4.78 is 4.70. The zero-order valence-corrected chi connectivity index (χ0v) is 12.1. The van der Waals surface area contributed by atoms with Crippen LogP contribution in [0.2, 0.25) is 0 Å². The van der Waals surface area contributed by atoms with E-state index >= 15 is 0 Å². The van der Waals surface area contributed by atoms with Gasteiger partial charge in [0.1, 0.15) is 0 Å². The fourth-order valence-corrected chi connectivity index (χ4v) is 3.28. The molecule has 5 nitrogen and oxygen atoms in total. The van der Waals surface area contributed by atoms with Crippen molar-refractivity contribution in [1.29, 1.82) is 0 Å². The number of nitrogens with two attached hydrogens (primary N) is 1. The first kappa shape index (κ1) is 15.3. The quantitative estimate of drug-likeness (QED) is 0.314. The molecular formula is C12H22N2O3S. The number of carbonyl (C=O) groups excluding carboxylic acids is 2. The number of hydrogen-bond acceptors (Lipinski definition) is 5. The van der Waals surface area contributed by atoms with Gasteiger partial charge in [0.15, 0.2) is 0 Å². The lowest BCUT2D eigenvalue weighted by atomic mass is 9.96. The number of hydrazine groups is 1. The molecule has 1 amide bonds. The van der Waals surface area contributed by atoms with E-state index in [0.29, 0.717) is 12.2 Å². The average molecular weight is 274 g/mol. The second-order valence-corrected chi connectivity index (χ2v) is 6.59. The summed E-state index contributed by atoms with van der Waals surface area (Å²) in [7, 11) is 1.42. The number of thioether (sulfide) groups is 1. The van der Waals surface area contributed by atoms with Gasteiger partial charge in [0.2, 0.25) is 5.91 Å². The van der Waals surface area contributed by atoms with Crippen LogP contribution in [0.3, 0.4) is 0 Å². The van der Waals surface area contributed by atoms with E-state index in [0.717, 1.165) is 18.6 Å². The summed E-state index contributed by atoms with van der Waals surface area (Å²) in [5.74, 6) is 6.42. The maximum Gasteiger partial charge on any atom is 0.306 e. The molecular weight excluding hydrogens is 252 g/mol. The Labute approximate surface area is 112 Å². The number of ether oxygens (including phenoxy) is 1. The van der Waals surface area contributed by atoms with Crippen LogP contribution in [0.4, 0.5) is 0 Å². The van der Waals surface area contributed by atoms with Gasteiger partial charge in [0.05, 0.1) is 18.9 Å². The van der Waals surface area contributed by atoms with Crippen molar-refractivity contribution in [2.75, 3.05) is 18.6 Å². The first-order valence-corrected chi connectivity index (χ1v) is 7.16. The Balaban J connectivity index is 2.34. The molecule has 0 unspecified atom stereocenters. The first-order chi connectivity index (χ1) is 8.35. The van der Waals surface area contributed by atoms with Crippen molar-refractivity contribution in [3.05, 3.63) is 0 Å². The third kappa shape index (κ3) is 4.17. The lowest BCUT2D eigenvalue weighted by Crippen LogP contribution is -2.42. The maximum absolute atomic E-state index is 11.5. The van der Waals surface area contributed by atoms with E-state index in [9.17, 15) is 9.59 Å². The Hall–Kier alpha value is -0.750. The van der Waals surface area contributed by atoms with Crippen molar-refractivity contribution in [3.8, 4) is 0 Å². The van der Waals surface area contributed by atoms with E-state index < -0.39 is 5.41 Å². The van der Waals surface area contributed by atoms with E-state index in [1.54, 1.807) is 11.8 Å². The minimum absolute atomic E-state index is 0.104. The summed E-state index contributed by atoms with van der Waals surface area (Å²) in [6.45, 7) is 3.73. The summed E-state index contributed by atoms with van der Waals surface area (Å²) >= 11 is 1.70. The first-order valence-electron chi connectivity index (χ1n) is 6.01. The Morgan fingerprint density at radius 3 is 2.50 bits per heavy atom. The van der Waals surface area contributed by atoms with Gasteiger partial charge in [-0.1, -0.05) is 13.8 Å². The highest BCUT2D eigenvalue weighted by Crippen LogP contribution is 2.51. The SMILES string of the molecule is COC(=O)CC1(CSCC(C)(C)C(=O)NN)CC1. The maximum atomic E-state index is 11.5. The van der Waals surface area contributed by atoms with Crippen LogP contribution >= 0.6 is 11.8 Å². The van der Waals surface area contributed by atoms with Crippen molar-refractivity contribution in [2.45, 2.75) is 33.1 Å². The fourth-order valence-electron chi connectivity index (χ4n) is 1.71. The van der Waals surface area contributed by atoms with Crippen LogP contribution < -0.4 is 11.3 Å². The van der Waals surface area contributed by atoms with Crippen LogP contribution in [0.25, 0.3) is 0 Å². The molecule has 1 fully saturated rings. The molecule has 0 aromatic rings. The summed E-state index contributed by atoms with van der Waals surface area (Å²) in [6.07, 6.45) is 2.62. The standard InChI is InChI=1S/C12H22N2O3S/c1-11(2,10(16)14-13)7-18-8-12(4-5-12)6-9(15)17-3/h4-8,13H2,1-3H3,(H,14,16). The van der Waals surface area contributed by atoms with Crippen LogP contribution in [0, 0.1) is 10.8 Å². The second-order valence-electron chi connectivity index (χ2n) is 5.60. The molecule has 0 saturated heterocycles. The number of rotatable bonds is 7. The lowest BCUT2D eigenvalue weighted by molar-refractivity contribution is -0.141. The Bertz CT molecular complexity index is 327. The molecule has 0 radical (unpaired) electrons. The van der Waals surface area contributed by atoms with Gasteiger partial charge in [0.25, 0.3) is 0 Å². The van der Waals surface area contributed by atoms with Crippen molar-refractivity contribution in [2.24, 2.45) is 16.7 Å². The van der Waals surface area contributed by atoms with Gasteiger partial charge >= 0.3 is 5.97 Å². The average Bonchev–Trinajstić information content (AvgIpc) is 3.07. The summed E-state index contributed by atoms with van der Waals surface area (Å²) in [6, 6.07) is 0. The number of methoxy groups -OCH3 is 1. The third-order valence-corrected chi connectivity index (χ3v) is 5.06. The second kappa shape index (κ2) is 5.93. The van der Waals surface area contributed by atoms with E-state index in [-0.39, 0.29) is 17.3 Å². The van der Waals surface area contributed by atoms with Gasteiger partial charge in [-0.3, -0.25) is 15.0 Å². The molecule has 18 heavy (non-hydrogen) atoms. The van der Waals surface area contributed by atoms with Crippen molar-refractivity contribution in [1.82, 2.24) is 5.43 Å². The van der Waals surface area contributed by atoms with Crippen LogP contribution in [0.15, 0.2) is 0 Å². The smallest absolute Gasteiger partial charge is 0.306 e. The summed E-state index contributed by atoms with van der Waals surface area (Å²) in [5.41, 5.74) is 1.80. The van der Waals surface area contributed by atoms with E-state index in [1.165, 1.54) is 7.11 Å². The lowest BCUT2D eigenvalue weighted by Gasteiger charge is -2.23. The molecule has 1 aliphatic carbocycles. The molecule has 3 N–H and O–H groups in total. The van der Waals surface area contributed by atoms with Gasteiger partial charge in [0, 0.05) is 5.75 Å². The molecule has 0 aromatic heterocycles. The van der Waals surface area contributed by atoms with E-state index in [2.05, 4.69) is 5.43 Å². The largest absolute Gasteiger partial charge is 0.469 e. The molecule has 0 bridgehead atoms. The summed E-state index contributed by atoms with van der Waals surface area (Å²) in [5, 5.41) is 0. The number of carbonyl (C=O) groups is 2. The van der Waals surface area contributed by atoms with Gasteiger partial charge in [-0.05, 0) is 24.0 Å². The number of nitrogens with one attached hydrogen (secondary N) is 1. The molecule has 1 aliphatic rings. The number of amides is 1. The van der Waals surface area contributed by atoms with Crippen molar-refractivity contribution >= 4 is 23.6 Å². The van der Waals surface area contributed by atoms with Crippen LogP contribution in [-0.4, -0.2) is 30.5 Å². The minimum Gasteiger partial charge on any atom is -0.469 e. The van der Waals surface area contributed by atoms with Gasteiger partial charge in [-0.2, -0.15) is 11.8 Å². The third-order valence-electron chi connectivity index (χ3n) is 3.32. The van der Waals surface area contributed by atoms with Crippen LogP contribution in [-0.2, 0) is 14.3 Å². The van der Waals surface area contributed by atoms with E-state index in [1.807, 2.05) is 13.8 Å². The Morgan fingerprint density at radius 2 is 2.06 bits per heavy atom. The van der Waals surface area contributed by atoms with Crippen LogP contribution in [0.5, 0.6) is 0 Å². The molecule has 0 aliphatic heterocycles. The molecule has 0 heterocycles. The van der Waals surface area contributed by atoms with Crippen LogP contribution in [0.1, 0.15) is 33.1 Å². The topological polar surface area (TPSA) is 81.4 Å². The Morgan fingerprint density at radius 1 is 1.44 bits per heavy atom. The monoisotopic (exact) mass is 274 g/mol. The normalized spacial score (nSPS) is 17.1. The van der Waals surface area contributed by atoms with Gasteiger partial charge in [-0.25, -0.2) is 5.84 Å². The highest BCUT2D eigenvalue weighted by molar-refractivity contribution is 7.99. The molecule has 104 valence electrons. The molecule has 1 rings (SSSR count). The predicted octanol–water partition coefficient (Wildman–Crippen LogP) is 1.08. The summed E-state index contributed by atoms with van der Waals surface area (Å²) in [4.78, 5) is 22.8. The Kier molecular flexibility index (Phi) is 5.04.